The van der Waals surface area contributed by atoms with E-state index in [1.54, 1.807) is 18.4 Å². The number of likely N-dealkylation sites (N-methyl/N-ethyl adjacent to an activating group) is 1. The molecule has 0 spiro atoms. The third kappa shape index (κ3) is 7.40. The van der Waals surface area contributed by atoms with Crippen molar-refractivity contribution in [3.05, 3.63) is 69.6 Å². The highest BCUT2D eigenvalue weighted by atomic mass is 35.5. The van der Waals surface area contributed by atoms with Gasteiger partial charge in [-0.3, -0.25) is 4.79 Å². The smallest absolute Gasteiger partial charge is 0.328 e. The normalized spacial score (nSPS) is 15.3. The number of carboxylic acids is 2. The van der Waals surface area contributed by atoms with Crippen molar-refractivity contribution in [2.24, 2.45) is 0 Å². The van der Waals surface area contributed by atoms with Gasteiger partial charge in [-0.2, -0.15) is 0 Å². The van der Waals surface area contributed by atoms with Gasteiger partial charge in [-0.15, -0.1) is 0 Å². The second kappa shape index (κ2) is 11.7. The van der Waals surface area contributed by atoms with Gasteiger partial charge >= 0.3 is 11.9 Å². The zero-order valence-electron chi connectivity index (χ0n) is 17.6. The number of hydrogen-bond donors (Lipinski definition) is 2. The summed E-state index contributed by atoms with van der Waals surface area (Å²) in [6.07, 6.45) is 3.89. The van der Waals surface area contributed by atoms with E-state index in [0.29, 0.717) is 35.2 Å². The van der Waals surface area contributed by atoms with Crippen molar-refractivity contribution in [2.75, 3.05) is 27.2 Å². The summed E-state index contributed by atoms with van der Waals surface area (Å²) in [7, 11) is 4.02. The molecule has 0 saturated heterocycles. The van der Waals surface area contributed by atoms with Crippen molar-refractivity contribution in [3.8, 4) is 0 Å². The summed E-state index contributed by atoms with van der Waals surface area (Å²) in [4.78, 5) is 36.0. The first-order valence-corrected chi connectivity index (χ1v) is 10.4. The van der Waals surface area contributed by atoms with Crippen LogP contribution in [0.2, 0.25) is 10.0 Å². The number of carbonyl (C=O) groups excluding carboxylic acids is 1. The SMILES string of the molecule is CN(C)CC1c2ccoc2CCN1C(=O)Cc1ccc(Cl)c(Cl)c1.O=C(O)/C=C/C(=O)O. The van der Waals surface area contributed by atoms with Crippen LogP contribution in [0.5, 0.6) is 0 Å². The molecule has 0 fully saturated rings. The van der Waals surface area contributed by atoms with Crippen molar-refractivity contribution in [2.45, 2.75) is 18.9 Å². The van der Waals surface area contributed by atoms with E-state index in [9.17, 15) is 14.4 Å². The lowest BCUT2D eigenvalue weighted by molar-refractivity contribution is -0.134. The third-order valence-corrected chi connectivity index (χ3v) is 5.40. The predicted octanol–water partition coefficient (Wildman–Crippen LogP) is 3.53. The molecule has 8 nitrogen and oxygen atoms in total. The van der Waals surface area contributed by atoms with Gasteiger partial charge in [-0.25, -0.2) is 9.59 Å². The molecule has 2 N–H and O–H groups in total. The fraction of sp³-hybridized carbons (Fsp3) is 0.318. The molecule has 0 saturated carbocycles. The molecule has 1 aromatic heterocycles. The molecule has 10 heteroatoms. The molecule has 1 amide bonds. The molecule has 2 aromatic rings. The van der Waals surface area contributed by atoms with Crippen molar-refractivity contribution in [3.63, 3.8) is 0 Å². The third-order valence-electron chi connectivity index (χ3n) is 4.66. The molecule has 0 radical (unpaired) electrons. The van der Waals surface area contributed by atoms with Crippen LogP contribution in [0.25, 0.3) is 0 Å². The standard InChI is InChI=1S/C18H20Cl2N2O2.C4H4O4/c1-21(2)11-16-13-6-8-24-17(13)5-7-22(16)18(23)10-12-3-4-14(19)15(20)9-12;5-3(6)1-2-4(7)8/h3-4,6,8-9,16H,5,7,10-11H2,1-2H3;1-2H,(H,5,6)(H,7,8)/b;2-1+. The summed E-state index contributed by atoms with van der Waals surface area (Å²) in [6, 6.07) is 7.32. The van der Waals surface area contributed by atoms with Crippen molar-refractivity contribution in [1.82, 2.24) is 9.80 Å². The number of benzene rings is 1. The predicted molar refractivity (Wildman–Crippen MR) is 120 cm³/mol. The molecule has 1 atom stereocenters. The summed E-state index contributed by atoms with van der Waals surface area (Å²) in [5.74, 6) is -1.44. The van der Waals surface area contributed by atoms with Gasteiger partial charge in [0.25, 0.3) is 0 Å². The Hall–Kier alpha value is -2.81. The summed E-state index contributed by atoms with van der Waals surface area (Å²) in [5, 5.41) is 16.6. The number of carboxylic acid groups (broad SMARTS) is 2. The van der Waals surface area contributed by atoms with Crippen LogP contribution in [0.3, 0.4) is 0 Å². The maximum atomic E-state index is 12.9. The molecule has 1 aliphatic heterocycles. The van der Waals surface area contributed by atoms with Crippen LogP contribution in [-0.2, 0) is 27.2 Å². The quantitative estimate of drug-likeness (QED) is 0.605. The molecule has 1 unspecified atom stereocenters. The Kier molecular flexibility index (Phi) is 9.31. The van der Waals surface area contributed by atoms with Crippen LogP contribution >= 0.6 is 23.2 Å². The number of rotatable bonds is 6. The first-order valence-electron chi connectivity index (χ1n) is 9.66. The molecule has 32 heavy (non-hydrogen) atoms. The van der Waals surface area contributed by atoms with E-state index in [0.717, 1.165) is 29.9 Å². The van der Waals surface area contributed by atoms with E-state index in [1.165, 1.54) is 0 Å². The molecular weight excluding hydrogens is 459 g/mol. The summed E-state index contributed by atoms with van der Waals surface area (Å²) >= 11 is 12.0. The number of furan rings is 1. The Morgan fingerprint density at radius 3 is 2.34 bits per heavy atom. The van der Waals surface area contributed by atoms with Crippen LogP contribution < -0.4 is 0 Å². The van der Waals surface area contributed by atoms with Gasteiger partial charge in [-0.1, -0.05) is 29.3 Å². The monoisotopic (exact) mass is 482 g/mol. The van der Waals surface area contributed by atoms with E-state index < -0.39 is 11.9 Å². The first kappa shape index (κ1) is 25.5. The van der Waals surface area contributed by atoms with Gasteiger partial charge in [0.1, 0.15) is 5.76 Å². The minimum Gasteiger partial charge on any atom is -0.478 e. The lowest BCUT2D eigenvalue weighted by Crippen LogP contribution is -2.44. The van der Waals surface area contributed by atoms with Crippen LogP contribution in [0.15, 0.2) is 47.1 Å². The fourth-order valence-electron chi connectivity index (χ4n) is 3.31. The van der Waals surface area contributed by atoms with Gasteiger partial charge in [0.05, 0.1) is 28.8 Å². The number of fused-ring (bicyclic) bond motifs is 1. The van der Waals surface area contributed by atoms with Gasteiger partial charge in [-0.05, 0) is 37.9 Å². The van der Waals surface area contributed by atoms with Gasteiger partial charge in [0.2, 0.25) is 5.91 Å². The summed E-state index contributed by atoms with van der Waals surface area (Å²) in [5.41, 5.74) is 1.98. The molecular formula is C22H24Cl2N2O6. The highest BCUT2D eigenvalue weighted by molar-refractivity contribution is 6.42. The van der Waals surface area contributed by atoms with Crippen molar-refractivity contribution in [1.29, 1.82) is 0 Å². The molecule has 0 aliphatic carbocycles. The van der Waals surface area contributed by atoms with Crippen LogP contribution in [0.1, 0.15) is 22.9 Å². The highest BCUT2D eigenvalue weighted by Gasteiger charge is 2.32. The summed E-state index contributed by atoms with van der Waals surface area (Å²) < 4.78 is 5.55. The first-order chi connectivity index (χ1) is 15.1. The number of amides is 1. The van der Waals surface area contributed by atoms with E-state index in [2.05, 4.69) is 4.90 Å². The van der Waals surface area contributed by atoms with E-state index in [1.807, 2.05) is 31.1 Å². The van der Waals surface area contributed by atoms with Gasteiger partial charge in [0, 0.05) is 37.2 Å². The van der Waals surface area contributed by atoms with E-state index in [-0.39, 0.29) is 11.9 Å². The molecule has 172 valence electrons. The lowest BCUT2D eigenvalue weighted by atomic mass is 9.98. The van der Waals surface area contributed by atoms with Gasteiger partial charge in [0.15, 0.2) is 0 Å². The van der Waals surface area contributed by atoms with Gasteiger partial charge < -0.3 is 24.4 Å². The maximum absolute atomic E-state index is 12.9. The van der Waals surface area contributed by atoms with Crippen molar-refractivity contribution < 1.29 is 29.0 Å². The van der Waals surface area contributed by atoms with Crippen LogP contribution in [-0.4, -0.2) is 65.0 Å². The molecule has 2 heterocycles. The number of carbonyl (C=O) groups is 3. The zero-order chi connectivity index (χ0) is 23.8. The summed E-state index contributed by atoms with van der Waals surface area (Å²) in [6.45, 7) is 1.43. The Bertz CT molecular complexity index is 986. The number of aliphatic carboxylic acids is 2. The Balaban J connectivity index is 0.000000390. The highest BCUT2D eigenvalue weighted by Crippen LogP contribution is 2.32. The van der Waals surface area contributed by atoms with E-state index >= 15 is 0 Å². The lowest BCUT2D eigenvalue weighted by Gasteiger charge is -2.37. The molecule has 1 aromatic carbocycles. The Morgan fingerprint density at radius 2 is 1.78 bits per heavy atom. The zero-order valence-corrected chi connectivity index (χ0v) is 19.1. The topological polar surface area (TPSA) is 111 Å². The minimum atomic E-state index is -1.26. The number of hydrogen-bond acceptors (Lipinski definition) is 5. The number of nitrogens with zero attached hydrogens (tertiary/aromatic N) is 2. The maximum Gasteiger partial charge on any atom is 0.328 e. The second-order valence-corrected chi connectivity index (χ2v) is 8.16. The van der Waals surface area contributed by atoms with E-state index in [4.69, 9.17) is 37.8 Å². The number of halogens is 2. The molecule has 0 bridgehead atoms. The average molecular weight is 483 g/mol. The second-order valence-electron chi connectivity index (χ2n) is 7.35. The van der Waals surface area contributed by atoms with Crippen LogP contribution in [0.4, 0.5) is 0 Å². The average Bonchev–Trinajstić information content (AvgIpc) is 3.19. The Labute approximate surface area is 195 Å². The molecule has 1 aliphatic rings. The largest absolute Gasteiger partial charge is 0.478 e. The van der Waals surface area contributed by atoms with Crippen LogP contribution in [0, 0.1) is 0 Å². The molecule has 3 rings (SSSR count). The Morgan fingerprint density at radius 1 is 1.12 bits per heavy atom. The minimum absolute atomic E-state index is 0.0118. The fourth-order valence-corrected chi connectivity index (χ4v) is 3.63. The van der Waals surface area contributed by atoms with Crippen molar-refractivity contribution >= 4 is 41.0 Å².